The fourth-order valence-electron chi connectivity index (χ4n) is 5.00. The van der Waals surface area contributed by atoms with Crippen LogP contribution in [0.1, 0.15) is 42.4 Å². The first kappa shape index (κ1) is 28.9. The van der Waals surface area contributed by atoms with Gasteiger partial charge >= 0.3 is 22.2 Å². The second kappa shape index (κ2) is 12.5. The summed E-state index contributed by atoms with van der Waals surface area (Å²) in [7, 11) is -4.02. The van der Waals surface area contributed by atoms with Crippen LogP contribution in [0.5, 0.6) is 5.75 Å². The third-order valence-corrected chi connectivity index (χ3v) is 8.21. The number of nitrogens with one attached hydrogen (secondary N) is 1. The van der Waals surface area contributed by atoms with Crippen LogP contribution in [0.4, 0.5) is 4.79 Å². The predicted octanol–water partition coefficient (Wildman–Crippen LogP) is 6.03. The lowest BCUT2D eigenvalue weighted by atomic mass is 9.98. The summed E-state index contributed by atoms with van der Waals surface area (Å²) >= 11 is 0. The van der Waals surface area contributed by atoms with E-state index in [0.29, 0.717) is 5.56 Å². The van der Waals surface area contributed by atoms with Crippen LogP contribution >= 0.6 is 0 Å². The van der Waals surface area contributed by atoms with Gasteiger partial charge in [-0.2, -0.15) is 8.42 Å². The Kier molecular flexibility index (Phi) is 8.59. The van der Waals surface area contributed by atoms with Crippen molar-refractivity contribution in [3.63, 3.8) is 0 Å². The third-order valence-electron chi connectivity index (χ3n) is 6.95. The number of benzene rings is 4. The van der Waals surface area contributed by atoms with Crippen LogP contribution in [0.3, 0.4) is 0 Å². The second-order valence-electron chi connectivity index (χ2n) is 10.2. The summed E-state index contributed by atoms with van der Waals surface area (Å²) in [5.41, 5.74) is 4.97. The first-order valence-corrected chi connectivity index (χ1v) is 15.0. The second-order valence-corrected chi connectivity index (χ2v) is 11.7. The third kappa shape index (κ3) is 6.47. The molecule has 1 N–H and O–H groups in total. The smallest absolute Gasteiger partial charge is 0.407 e. The molecule has 9 heteroatoms. The molecule has 0 radical (unpaired) electrons. The minimum atomic E-state index is -4.02. The van der Waals surface area contributed by atoms with E-state index >= 15 is 0 Å². The first-order valence-electron chi connectivity index (χ1n) is 13.6. The zero-order chi connectivity index (χ0) is 29.7. The molecule has 1 unspecified atom stereocenters. The summed E-state index contributed by atoms with van der Waals surface area (Å²) in [4.78, 5) is 25.8. The van der Waals surface area contributed by atoms with Crippen molar-refractivity contribution in [2.75, 3.05) is 13.2 Å². The molecule has 8 nitrogen and oxygen atoms in total. The average molecular weight is 586 g/mol. The van der Waals surface area contributed by atoms with E-state index in [1.165, 1.54) is 24.3 Å². The van der Waals surface area contributed by atoms with E-state index in [9.17, 15) is 18.0 Å². The molecule has 1 amide bonds. The molecule has 0 aromatic heterocycles. The Bertz CT molecular complexity index is 1620. The molecule has 1 atom stereocenters. The van der Waals surface area contributed by atoms with Gasteiger partial charge in [0.25, 0.3) is 0 Å². The van der Waals surface area contributed by atoms with E-state index in [2.05, 4.69) is 17.4 Å². The van der Waals surface area contributed by atoms with Gasteiger partial charge in [-0.25, -0.2) is 4.79 Å². The minimum Gasteiger partial charge on any atom is -0.462 e. The van der Waals surface area contributed by atoms with Crippen LogP contribution in [-0.4, -0.2) is 39.7 Å². The summed E-state index contributed by atoms with van der Waals surface area (Å²) < 4.78 is 41.4. The fraction of sp³-hybridized carbons (Fsp3) is 0.212. The number of hydrogen-bond donors (Lipinski definition) is 1. The lowest BCUT2D eigenvalue weighted by Gasteiger charge is -2.20. The highest BCUT2D eigenvalue weighted by molar-refractivity contribution is 7.87. The zero-order valence-corrected chi connectivity index (χ0v) is 24.0. The van der Waals surface area contributed by atoms with Crippen LogP contribution in [0.25, 0.3) is 11.1 Å². The molecule has 0 spiro atoms. The summed E-state index contributed by atoms with van der Waals surface area (Å²) in [6.07, 6.45) is -1.03. The molecule has 0 heterocycles. The van der Waals surface area contributed by atoms with E-state index in [-0.39, 0.29) is 35.8 Å². The lowest BCUT2D eigenvalue weighted by Crippen LogP contribution is -2.34. The Labute approximate surface area is 245 Å². The van der Waals surface area contributed by atoms with Crippen molar-refractivity contribution in [1.82, 2.24) is 5.32 Å². The van der Waals surface area contributed by atoms with Crippen LogP contribution in [0.15, 0.2) is 108 Å². The molecular formula is C33H31NO7S. The Balaban J connectivity index is 1.25. The van der Waals surface area contributed by atoms with Crippen molar-refractivity contribution in [2.45, 2.75) is 36.7 Å². The Morgan fingerprint density at radius 2 is 1.36 bits per heavy atom. The van der Waals surface area contributed by atoms with E-state index < -0.39 is 28.1 Å². The molecule has 0 aliphatic heterocycles. The van der Waals surface area contributed by atoms with Gasteiger partial charge in [0.2, 0.25) is 0 Å². The number of fused-ring (bicyclic) bond motifs is 3. The normalized spacial score (nSPS) is 13.1. The summed E-state index contributed by atoms with van der Waals surface area (Å²) in [5, 5.41) is 2.69. The Hall–Kier alpha value is -4.63. The molecule has 4 aromatic carbocycles. The molecule has 42 heavy (non-hydrogen) atoms. The maximum absolute atomic E-state index is 13.0. The van der Waals surface area contributed by atoms with Gasteiger partial charge in [0, 0.05) is 12.5 Å². The first-order chi connectivity index (χ1) is 20.2. The molecule has 0 bridgehead atoms. The number of carbonyl (C=O) groups is 2. The molecule has 1 aliphatic rings. The predicted molar refractivity (Wildman–Crippen MR) is 158 cm³/mol. The summed E-state index contributed by atoms with van der Waals surface area (Å²) in [6.45, 7) is 3.53. The van der Waals surface area contributed by atoms with Crippen molar-refractivity contribution in [3.8, 4) is 16.9 Å². The molecule has 4 aromatic rings. The quantitative estimate of drug-likeness (QED) is 0.179. The average Bonchev–Trinajstić information content (AvgIpc) is 3.30. The van der Waals surface area contributed by atoms with Gasteiger partial charge in [-0.15, -0.1) is 0 Å². The van der Waals surface area contributed by atoms with Gasteiger partial charge in [0.1, 0.15) is 17.3 Å². The Morgan fingerprint density at radius 3 is 1.95 bits per heavy atom. The lowest BCUT2D eigenvalue weighted by molar-refractivity contribution is -0.149. The largest absolute Gasteiger partial charge is 0.462 e. The number of ether oxygens (including phenoxy) is 2. The number of hydrogen-bond acceptors (Lipinski definition) is 7. The van der Waals surface area contributed by atoms with Crippen molar-refractivity contribution in [1.29, 1.82) is 0 Å². The van der Waals surface area contributed by atoms with Crippen LogP contribution in [0.2, 0.25) is 0 Å². The number of esters is 1. The minimum absolute atomic E-state index is 0.0276. The maximum atomic E-state index is 13.0. The number of alkyl carbamates (subject to hydrolysis) is 1. The number of amides is 1. The van der Waals surface area contributed by atoms with Crippen molar-refractivity contribution in [2.24, 2.45) is 0 Å². The molecule has 0 saturated carbocycles. The highest BCUT2D eigenvalue weighted by atomic mass is 32.2. The van der Waals surface area contributed by atoms with E-state index in [0.717, 1.165) is 22.3 Å². The summed E-state index contributed by atoms with van der Waals surface area (Å²) in [6, 6.07) is 30.0. The molecule has 216 valence electrons. The standard InChI is InChI=1S/C33H31NO7S/c1-22(2)40-32(35)30(23-16-18-24(19-17-23)41-42(37,38)25-10-4-3-5-11-25)20-34-33(36)39-21-31-28-14-8-6-12-26(28)27-13-7-9-15-29(27)31/h3-19,22,30-31H,20-21H2,1-2H3,(H,34,36). The number of carbonyl (C=O) groups excluding carboxylic acids is 2. The maximum Gasteiger partial charge on any atom is 0.407 e. The zero-order valence-electron chi connectivity index (χ0n) is 23.2. The van der Waals surface area contributed by atoms with E-state index in [1.54, 1.807) is 44.2 Å². The van der Waals surface area contributed by atoms with Gasteiger partial charge < -0.3 is 19.0 Å². The van der Waals surface area contributed by atoms with Crippen molar-refractivity contribution >= 4 is 22.2 Å². The van der Waals surface area contributed by atoms with Gasteiger partial charge in [-0.3, -0.25) is 4.79 Å². The van der Waals surface area contributed by atoms with E-state index in [4.69, 9.17) is 13.7 Å². The fourth-order valence-corrected chi connectivity index (χ4v) is 5.96. The SMILES string of the molecule is CC(C)OC(=O)C(CNC(=O)OCC1c2ccccc2-c2ccccc21)c1ccc(OS(=O)(=O)c2ccccc2)cc1. The highest BCUT2D eigenvalue weighted by Gasteiger charge is 2.30. The number of rotatable bonds is 10. The summed E-state index contributed by atoms with van der Waals surface area (Å²) in [5.74, 6) is -1.39. The highest BCUT2D eigenvalue weighted by Crippen LogP contribution is 2.44. The molecule has 1 aliphatic carbocycles. The van der Waals surface area contributed by atoms with Gasteiger partial charge in [0.15, 0.2) is 0 Å². The van der Waals surface area contributed by atoms with Crippen molar-refractivity contribution < 1.29 is 31.7 Å². The van der Waals surface area contributed by atoms with Crippen LogP contribution in [0, 0.1) is 0 Å². The molecule has 5 rings (SSSR count). The van der Waals surface area contributed by atoms with E-state index in [1.807, 2.05) is 36.4 Å². The van der Waals surface area contributed by atoms with Crippen molar-refractivity contribution in [3.05, 3.63) is 120 Å². The van der Waals surface area contributed by atoms with Gasteiger partial charge in [-0.05, 0) is 65.9 Å². The molecule has 0 saturated heterocycles. The van der Waals surface area contributed by atoms with Crippen LogP contribution in [-0.2, 0) is 24.4 Å². The monoisotopic (exact) mass is 585 g/mol. The molecular weight excluding hydrogens is 554 g/mol. The van der Waals surface area contributed by atoms with Gasteiger partial charge in [0.05, 0.1) is 12.0 Å². The topological polar surface area (TPSA) is 108 Å². The Morgan fingerprint density at radius 1 is 0.786 bits per heavy atom. The van der Waals surface area contributed by atoms with Crippen LogP contribution < -0.4 is 9.50 Å². The van der Waals surface area contributed by atoms with Gasteiger partial charge in [-0.1, -0.05) is 78.9 Å². The molecule has 0 fully saturated rings.